The van der Waals surface area contributed by atoms with Gasteiger partial charge in [0.25, 0.3) is 0 Å². The number of hydrogen-bond acceptors (Lipinski definition) is 4. The SMILES string of the molecule is CC(OCC1(c2ccccc2)CCNCC1)c1cc(C(F)(F)F)cc2c(C#N)n[nH]c12. The van der Waals surface area contributed by atoms with Gasteiger partial charge in [-0.15, -0.1) is 0 Å². The molecule has 2 aromatic carbocycles. The average molecular weight is 428 g/mol. The molecule has 4 rings (SSSR count). The summed E-state index contributed by atoms with van der Waals surface area (Å²) in [5.41, 5.74) is 0.836. The molecule has 8 heteroatoms. The van der Waals surface area contributed by atoms with Crippen molar-refractivity contribution in [1.29, 1.82) is 5.26 Å². The number of fused-ring (bicyclic) bond motifs is 1. The molecule has 3 aromatic rings. The Kier molecular flexibility index (Phi) is 5.73. The van der Waals surface area contributed by atoms with E-state index in [9.17, 15) is 18.4 Å². The highest BCUT2D eigenvalue weighted by atomic mass is 19.4. The van der Waals surface area contributed by atoms with Gasteiger partial charge in [0.05, 0.1) is 23.8 Å². The third-order valence-corrected chi connectivity index (χ3v) is 6.13. The molecule has 0 saturated carbocycles. The van der Waals surface area contributed by atoms with E-state index in [-0.39, 0.29) is 16.5 Å². The van der Waals surface area contributed by atoms with E-state index in [2.05, 4.69) is 27.6 Å². The second kappa shape index (κ2) is 8.33. The van der Waals surface area contributed by atoms with E-state index in [1.807, 2.05) is 24.3 Å². The van der Waals surface area contributed by atoms with Crippen LogP contribution in [0.2, 0.25) is 0 Å². The zero-order valence-corrected chi connectivity index (χ0v) is 17.1. The van der Waals surface area contributed by atoms with Crippen LogP contribution in [0.4, 0.5) is 13.2 Å². The summed E-state index contributed by atoms with van der Waals surface area (Å²) in [4.78, 5) is 0. The number of nitrogens with one attached hydrogen (secondary N) is 2. The molecule has 1 aliphatic heterocycles. The van der Waals surface area contributed by atoms with Crippen molar-refractivity contribution in [3.63, 3.8) is 0 Å². The zero-order valence-electron chi connectivity index (χ0n) is 17.1. The molecule has 1 aliphatic rings. The largest absolute Gasteiger partial charge is 0.416 e. The van der Waals surface area contributed by atoms with Crippen molar-refractivity contribution < 1.29 is 17.9 Å². The summed E-state index contributed by atoms with van der Waals surface area (Å²) in [7, 11) is 0. The second-order valence-electron chi connectivity index (χ2n) is 8.02. The molecule has 2 N–H and O–H groups in total. The number of piperidine rings is 1. The van der Waals surface area contributed by atoms with Gasteiger partial charge in [-0.25, -0.2) is 0 Å². The molecule has 1 atom stereocenters. The number of nitrogens with zero attached hydrogens (tertiary/aromatic N) is 2. The molecule has 1 saturated heterocycles. The van der Waals surface area contributed by atoms with E-state index in [1.54, 1.807) is 6.92 Å². The Morgan fingerprint density at radius 1 is 1.19 bits per heavy atom. The fourth-order valence-corrected chi connectivity index (χ4v) is 4.31. The minimum Gasteiger partial charge on any atom is -0.373 e. The maximum Gasteiger partial charge on any atom is 0.416 e. The van der Waals surface area contributed by atoms with Crippen LogP contribution in [0.1, 0.15) is 48.3 Å². The number of rotatable bonds is 5. The minimum atomic E-state index is -4.53. The Labute approximate surface area is 178 Å². The predicted molar refractivity (Wildman–Crippen MR) is 110 cm³/mol. The quantitative estimate of drug-likeness (QED) is 0.609. The normalized spacial score (nSPS) is 17.4. The van der Waals surface area contributed by atoms with Crippen molar-refractivity contribution in [1.82, 2.24) is 15.5 Å². The van der Waals surface area contributed by atoms with Crippen LogP contribution in [0.5, 0.6) is 0 Å². The number of alkyl halides is 3. The van der Waals surface area contributed by atoms with Gasteiger partial charge in [0.1, 0.15) is 6.07 Å². The molecule has 0 aliphatic carbocycles. The first-order valence-corrected chi connectivity index (χ1v) is 10.2. The van der Waals surface area contributed by atoms with Crippen molar-refractivity contribution in [2.24, 2.45) is 0 Å². The van der Waals surface area contributed by atoms with Gasteiger partial charge in [0, 0.05) is 16.4 Å². The summed E-state index contributed by atoms with van der Waals surface area (Å²) in [6, 6.07) is 14.0. The van der Waals surface area contributed by atoms with Crippen molar-refractivity contribution in [2.45, 2.75) is 37.5 Å². The molecule has 1 unspecified atom stereocenters. The van der Waals surface area contributed by atoms with E-state index < -0.39 is 17.8 Å². The number of halogens is 3. The van der Waals surface area contributed by atoms with Gasteiger partial charge in [0.2, 0.25) is 0 Å². The number of aromatic nitrogens is 2. The summed E-state index contributed by atoms with van der Waals surface area (Å²) in [5.74, 6) is 0. The van der Waals surface area contributed by atoms with E-state index in [1.165, 1.54) is 5.56 Å². The topological polar surface area (TPSA) is 73.7 Å². The molecule has 5 nitrogen and oxygen atoms in total. The van der Waals surface area contributed by atoms with E-state index >= 15 is 0 Å². The lowest BCUT2D eigenvalue weighted by Gasteiger charge is -2.38. The standard InChI is InChI=1S/C23H23F3N4O/c1-15(31-14-22(7-9-28-10-8-22)16-5-3-2-4-6-16)18-11-17(23(24,25)26)12-19-20(13-27)29-30-21(18)19/h2-6,11-12,15,28H,7-10,14H2,1H3,(H,29,30). The van der Waals surface area contributed by atoms with Gasteiger partial charge >= 0.3 is 6.18 Å². The first kappa shape index (κ1) is 21.3. The predicted octanol–water partition coefficient (Wildman–Crippen LogP) is 4.85. The maximum absolute atomic E-state index is 13.5. The van der Waals surface area contributed by atoms with Crippen LogP contribution in [-0.4, -0.2) is 29.9 Å². The Balaban J connectivity index is 1.67. The summed E-state index contributed by atoms with van der Waals surface area (Å²) >= 11 is 0. The molecule has 31 heavy (non-hydrogen) atoms. The Hall–Kier alpha value is -2.89. The molecule has 1 fully saturated rings. The summed E-state index contributed by atoms with van der Waals surface area (Å²) in [6.45, 7) is 3.83. The smallest absolute Gasteiger partial charge is 0.373 e. The highest BCUT2D eigenvalue weighted by molar-refractivity contribution is 5.87. The maximum atomic E-state index is 13.5. The molecule has 0 spiro atoms. The van der Waals surface area contributed by atoms with Crippen LogP contribution in [0, 0.1) is 11.3 Å². The monoisotopic (exact) mass is 428 g/mol. The average Bonchev–Trinajstić information content (AvgIpc) is 3.20. The molecule has 0 bridgehead atoms. The highest BCUT2D eigenvalue weighted by Gasteiger charge is 2.36. The number of ether oxygens (including phenoxy) is 1. The Bertz CT molecular complexity index is 1100. The fraction of sp³-hybridized carbons (Fsp3) is 0.391. The van der Waals surface area contributed by atoms with Gasteiger partial charge in [-0.1, -0.05) is 30.3 Å². The van der Waals surface area contributed by atoms with Crippen LogP contribution in [0.15, 0.2) is 42.5 Å². The van der Waals surface area contributed by atoms with Gasteiger partial charge in [-0.05, 0) is 50.6 Å². The zero-order chi connectivity index (χ0) is 22.1. The van der Waals surface area contributed by atoms with Crippen LogP contribution in [0.25, 0.3) is 10.9 Å². The molecule has 0 amide bonds. The van der Waals surface area contributed by atoms with Gasteiger partial charge in [-0.2, -0.15) is 23.5 Å². The molecular formula is C23H23F3N4O. The third-order valence-electron chi connectivity index (χ3n) is 6.13. The number of H-pyrrole nitrogens is 1. The molecular weight excluding hydrogens is 405 g/mol. The fourth-order valence-electron chi connectivity index (χ4n) is 4.31. The first-order valence-electron chi connectivity index (χ1n) is 10.2. The van der Waals surface area contributed by atoms with Crippen molar-refractivity contribution in [3.8, 4) is 6.07 Å². The van der Waals surface area contributed by atoms with Crippen molar-refractivity contribution in [3.05, 3.63) is 64.8 Å². The Morgan fingerprint density at radius 2 is 1.90 bits per heavy atom. The van der Waals surface area contributed by atoms with Crippen molar-refractivity contribution in [2.75, 3.05) is 19.7 Å². The second-order valence-corrected chi connectivity index (χ2v) is 8.02. The lowest BCUT2D eigenvalue weighted by molar-refractivity contribution is -0.137. The van der Waals surface area contributed by atoms with Crippen LogP contribution in [-0.2, 0) is 16.3 Å². The van der Waals surface area contributed by atoms with Gasteiger partial charge in [0.15, 0.2) is 5.69 Å². The third kappa shape index (κ3) is 4.16. The molecule has 0 radical (unpaired) electrons. The number of benzene rings is 2. The van der Waals surface area contributed by atoms with Crippen LogP contribution >= 0.6 is 0 Å². The van der Waals surface area contributed by atoms with E-state index in [0.717, 1.165) is 38.1 Å². The van der Waals surface area contributed by atoms with Crippen molar-refractivity contribution >= 4 is 10.9 Å². The van der Waals surface area contributed by atoms with E-state index in [4.69, 9.17) is 4.74 Å². The van der Waals surface area contributed by atoms with Crippen LogP contribution in [0.3, 0.4) is 0 Å². The summed E-state index contributed by atoms with van der Waals surface area (Å²) in [6.07, 6.45) is -3.39. The number of nitriles is 1. The molecule has 2 heterocycles. The van der Waals surface area contributed by atoms with Gasteiger partial charge in [-0.3, -0.25) is 5.10 Å². The van der Waals surface area contributed by atoms with Crippen LogP contribution < -0.4 is 5.32 Å². The highest BCUT2D eigenvalue weighted by Crippen LogP contribution is 2.38. The Morgan fingerprint density at radius 3 is 2.55 bits per heavy atom. The van der Waals surface area contributed by atoms with Gasteiger partial charge < -0.3 is 10.1 Å². The lowest BCUT2D eigenvalue weighted by atomic mass is 9.74. The molecule has 1 aromatic heterocycles. The lowest BCUT2D eigenvalue weighted by Crippen LogP contribution is -2.43. The molecule has 162 valence electrons. The number of aromatic amines is 1. The first-order chi connectivity index (χ1) is 14.8. The minimum absolute atomic E-state index is 0.0614. The number of hydrogen-bond donors (Lipinski definition) is 2. The van der Waals surface area contributed by atoms with E-state index in [0.29, 0.717) is 17.7 Å². The summed E-state index contributed by atoms with van der Waals surface area (Å²) in [5, 5.41) is 19.3. The summed E-state index contributed by atoms with van der Waals surface area (Å²) < 4.78 is 46.7.